The summed E-state index contributed by atoms with van der Waals surface area (Å²) in [7, 11) is 2.97. The fourth-order valence-corrected chi connectivity index (χ4v) is 3.61. The molecule has 25 heavy (non-hydrogen) atoms. The summed E-state index contributed by atoms with van der Waals surface area (Å²) in [5.41, 5.74) is 0.757. The number of hydrogen-bond acceptors (Lipinski definition) is 7. The Morgan fingerprint density at radius 2 is 2.08 bits per heavy atom. The van der Waals surface area contributed by atoms with E-state index in [0.717, 1.165) is 10.5 Å². The molecule has 0 aliphatic carbocycles. The van der Waals surface area contributed by atoms with Crippen molar-refractivity contribution in [2.75, 3.05) is 26.5 Å². The van der Waals surface area contributed by atoms with Gasteiger partial charge in [0.1, 0.15) is 12.6 Å². The molecule has 0 radical (unpaired) electrons. The topological polar surface area (TPSA) is 96.1 Å². The molecule has 0 aromatic carbocycles. The number of aliphatic imine (C=N–C) groups is 1. The van der Waals surface area contributed by atoms with Gasteiger partial charge in [-0.2, -0.15) is 9.48 Å². The van der Waals surface area contributed by atoms with Crippen molar-refractivity contribution in [1.29, 1.82) is 0 Å². The Kier molecular flexibility index (Phi) is 5.89. The predicted octanol–water partition coefficient (Wildman–Crippen LogP) is 0.849. The number of carbonyl (C=O) groups is 4. The van der Waals surface area contributed by atoms with Crippen LogP contribution in [0.4, 0.5) is 4.79 Å². The third-order valence-electron chi connectivity index (χ3n) is 3.83. The van der Waals surface area contributed by atoms with Crippen molar-refractivity contribution in [2.45, 2.75) is 20.3 Å². The van der Waals surface area contributed by atoms with Crippen molar-refractivity contribution in [2.24, 2.45) is 10.9 Å². The quantitative estimate of drug-likeness (QED) is 0.393. The van der Waals surface area contributed by atoms with Crippen LogP contribution in [-0.4, -0.2) is 71.7 Å². The van der Waals surface area contributed by atoms with E-state index in [1.807, 2.05) is 0 Å². The Hall–Kier alpha value is -2.29. The van der Waals surface area contributed by atoms with Gasteiger partial charge in [0.15, 0.2) is 11.7 Å². The van der Waals surface area contributed by atoms with Gasteiger partial charge in [0.05, 0.1) is 26.5 Å². The van der Waals surface area contributed by atoms with Crippen LogP contribution >= 0.6 is 11.8 Å². The smallest absolute Gasteiger partial charge is 0.445 e. The van der Waals surface area contributed by atoms with Crippen molar-refractivity contribution in [3.63, 3.8) is 0 Å². The maximum Gasteiger partial charge on any atom is 0.445 e. The van der Waals surface area contributed by atoms with E-state index in [-0.39, 0.29) is 30.5 Å². The highest BCUT2D eigenvalue weighted by molar-refractivity contribution is 8.03. The molecule has 134 valence electrons. The number of amides is 3. The average molecular weight is 366 g/mol. The van der Waals surface area contributed by atoms with Gasteiger partial charge in [-0.15, -0.1) is 16.8 Å². The van der Waals surface area contributed by atoms with E-state index in [0.29, 0.717) is 10.7 Å². The lowest BCUT2D eigenvalue weighted by molar-refractivity contribution is -0.407. The van der Waals surface area contributed by atoms with Crippen LogP contribution in [0, 0.1) is 5.92 Å². The number of allylic oxidation sites excluding steroid dienone is 1. The Morgan fingerprint density at radius 3 is 2.72 bits per heavy atom. The van der Waals surface area contributed by atoms with Crippen LogP contribution < -0.4 is 0 Å². The van der Waals surface area contributed by atoms with Gasteiger partial charge in [0.25, 0.3) is 5.84 Å². The fraction of sp³-hybridized carbons (Fsp3) is 0.500. The van der Waals surface area contributed by atoms with Crippen LogP contribution in [0.25, 0.3) is 0 Å². The largest absolute Gasteiger partial charge is 0.466 e. The number of rotatable bonds is 6. The summed E-state index contributed by atoms with van der Waals surface area (Å²) in [6.45, 7) is 3.69. The molecule has 2 aliphatic rings. The number of imide groups is 1. The van der Waals surface area contributed by atoms with Crippen LogP contribution in [0.5, 0.6) is 0 Å². The molecular weight excluding hydrogens is 346 g/mol. The first-order chi connectivity index (χ1) is 11.8. The van der Waals surface area contributed by atoms with Gasteiger partial charge in [-0.05, 0) is 19.4 Å². The molecule has 0 saturated heterocycles. The van der Waals surface area contributed by atoms with Gasteiger partial charge in [0.2, 0.25) is 0 Å². The molecular formula is C16H20N3O5S+. The molecule has 3 amide bonds. The second-order valence-corrected chi connectivity index (χ2v) is 6.66. The molecule has 0 saturated carbocycles. The number of urea groups is 1. The zero-order valence-electron chi connectivity index (χ0n) is 14.6. The molecule has 1 atom stereocenters. The lowest BCUT2D eigenvalue weighted by Crippen LogP contribution is -2.52. The molecule has 2 heterocycles. The summed E-state index contributed by atoms with van der Waals surface area (Å²) in [6, 6.07) is -0.448. The minimum atomic E-state index is -0.710. The number of ketones is 1. The van der Waals surface area contributed by atoms with E-state index in [9.17, 15) is 19.2 Å². The van der Waals surface area contributed by atoms with E-state index in [2.05, 4.69) is 4.99 Å². The standard InChI is InChI=1S/C16H20N3O5S/c1-5-24-11(21)6-10(20)8-25-13-9(2)7-17-14-12(13)15(22)19(4)16(23)18(14)3/h7,12H,5-6,8H2,1-4H3/q+1. The molecule has 9 heteroatoms. The minimum absolute atomic E-state index is 0.0394. The average Bonchev–Trinajstić information content (AvgIpc) is 2.56. The van der Waals surface area contributed by atoms with Gasteiger partial charge in [-0.25, -0.2) is 4.79 Å². The SMILES string of the molecule is CCOC(=O)CC(=O)CSC1=C(C)C=NC2=[N+](C)C(=O)N(C)C(=O)C12. The van der Waals surface area contributed by atoms with Crippen molar-refractivity contribution in [3.05, 3.63) is 10.5 Å². The zero-order chi connectivity index (χ0) is 18.7. The number of fused-ring (bicyclic) bond motifs is 1. The molecule has 8 nitrogen and oxygen atoms in total. The molecule has 0 fully saturated rings. The Morgan fingerprint density at radius 1 is 1.40 bits per heavy atom. The van der Waals surface area contributed by atoms with Crippen LogP contribution in [0.15, 0.2) is 15.5 Å². The zero-order valence-corrected chi connectivity index (χ0v) is 15.4. The normalized spacial score (nSPS) is 20.2. The number of nitrogens with zero attached hydrogens (tertiary/aromatic N) is 3. The monoisotopic (exact) mass is 366 g/mol. The maximum absolute atomic E-state index is 12.6. The van der Waals surface area contributed by atoms with E-state index >= 15 is 0 Å². The number of amidine groups is 1. The second-order valence-electron chi connectivity index (χ2n) is 5.64. The van der Waals surface area contributed by atoms with Gasteiger partial charge < -0.3 is 4.74 Å². The number of thioether (sulfide) groups is 1. The second kappa shape index (κ2) is 7.73. The van der Waals surface area contributed by atoms with Gasteiger partial charge in [-0.1, -0.05) is 0 Å². The molecule has 0 aromatic heterocycles. The first kappa shape index (κ1) is 19.0. The molecule has 2 rings (SSSR count). The van der Waals surface area contributed by atoms with Crippen LogP contribution in [0.1, 0.15) is 20.3 Å². The van der Waals surface area contributed by atoms with Gasteiger partial charge in [-0.3, -0.25) is 14.4 Å². The lowest BCUT2D eigenvalue weighted by Gasteiger charge is -2.27. The summed E-state index contributed by atoms with van der Waals surface area (Å²) in [6.07, 6.45) is 1.28. The first-order valence-electron chi connectivity index (χ1n) is 7.75. The van der Waals surface area contributed by atoms with Crippen molar-refractivity contribution in [1.82, 2.24) is 4.90 Å². The van der Waals surface area contributed by atoms with Crippen LogP contribution in [0.2, 0.25) is 0 Å². The van der Waals surface area contributed by atoms with Crippen molar-refractivity contribution in [3.8, 4) is 0 Å². The maximum atomic E-state index is 12.6. The highest BCUT2D eigenvalue weighted by atomic mass is 32.2. The van der Waals surface area contributed by atoms with E-state index in [1.54, 1.807) is 27.1 Å². The Labute approximate surface area is 149 Å². The molecule has 0 bridgehead atoms. The highest BCUT2D eigenvalue weighted by Gasteiger charge is 2.47. The van der Waals surface area contributed by atoms with Crippen molar-refractivity contribution >= 4 is 47.5 Å². The van der Waals surface area contributed by atoms with Crippen LogP contribution in [0.3, 0.4) is 0 Å². The van der Waals surface area contributed by atoms with E-state index < -0.39 is 17.9 Å². The summed E-state index contributed by atoms with van der Waals surface area (Å²) in [5, 5.41) is 0. The fourth-order valence-electron chi connectivity index (χ4n) is 2.54. The summed E-state index contributed by atoms with van der Waals surface area (Å²) in [5.74, 6) is -1.55. The molecule has 0 N–H and O–H groups in total. The summed E-state index contributed by atoms with van der Waals surface area (Å²) in [4.78, 5) is 53.9. The predicted molar refractivity (Wildman–Crippen MR) is 92.8 cm³/mol. The van der Waals surface area contributed by atoms with Gasteiger partial charge in [0, 0.05) is 4.91 Å². The van der Waals surface area contributed by atoms with Gasteiger partial charge >= 0.3 is 17.9 Å². The summed E-state index contributed by atoms with van der Waals surface area (Å²) >= 11 is 1.19. The number of hydrogen-bond donors (Lipinski definition) is 0. The number of dihydropyridines is 1. The molecule has 1 unspecified atom stereocenters. The number of esters is 1. The third kappa shape index (κ3) is 3.87. The third-order valence-corrected chi connectivity index (χ3v) is 5.17. The molecule has 0 spiro atoms. The first-order valence-corrected chi connectivity index (χ1v) is 8.73. The number of Topliss-reactive ketones (excluding diaryl/α,β-unsaturated/α-hetero) is 1. The molecule has 0 aromatic rings. The van der Waals surface area contributed by atoms with Crippen LogP contribution in [-0.2, 0) is 19.1 Å². The minimum Gasteiger partial charge on any atom is -0.466 e. The number of carbonyl (C=O) groups excluding carboxylic acids is 4. The molecule has 2 aliphatic heterocycles. The van der Waals surface area contributed by atoms with E-state index in [4.69, 9.17) is 4.74 Å². The lowest BCUT2D eigenvalue weighted by atomic mass is 9.99. The number of ether oxygens (including phenoxy) is 1. The van der Waals surface area contributed by atoms with E-state index in [1.165, 1.54) is 23.4 Å². The van der Waals surface area contributed by atoms with Crippen molar-refractivity contribution < 1.29 is 28.5 Å². The highest BCUT2D eigenvalue weighted by Crippen LogP contribution is 2.34. The Bertz CT molecular complexity index is 738. The Balaban J connectivity index is 2.18. The summed E-state index contributed by atoms with van der Waals surface area (Å²) < 4.78 is 6.09.